The average Bonchev–Trinajstić information content (AvgIpc) is 2.81. The molecule has 1 amide bonds. The first-order valence-corrected chi connectivity index (χ1v) is 9.84. The minimum Gasteiger partial charge on any atom is -0.405 e. The summed E-state index contributed by atoms with van der Waals surface area (Å²) in [5, 5.41) is 5.63. The van der Waals surface area contributed by atoms with E-state index in [4.69, 9.17) is 9.05 Å². The normalized spacial score (nSPS) is 18.1. The Morgan fingerprint density at radius 3 is 2.04 bits per heavy atom. The Labute approximate surface area is 147 Å². The van der Waals surface area contributed by atoms with Gasteiger partial charge in [0.05, 0.1) is 6.04 Å². The van der Waals surface area contributed by atoms with E-state index in [2.05, 4.69) is 10.4 Å². The number of amides is 1. The molecule has 7 heteroatoms. The highest BCUT2D eigenvalue weighted by atomic mass is 31.2. The molecule has 0 saturated carbocycles. The molecule has 2 aromatic carbocycles. The van der Waals surface area contributed by atoms with Crippen molar-refractivity contribution in [2.45, 2.75) is 25.3 Å². The molecule has 1 saturated heterocycles. The molecule has 1 aliphatic heterocycles. The van der Waals surface area contributed by atoms with Gasteiger partial charge in [0.25, 0.3) is 0 Å². The molecule has 0 bridgehead atoms. The highest BCUT2D eigenvalue weighted by Crippen LogP contribution is 2.45. The van der Waals surface area contributed by atoms with Gasteiger partial charge >= 0.3 is 7.75 Å². The number of para-hydroxylation sites is 2. The standard InChI is InChI=1S/C18H21N2O4P/c21-18-17(13-7-8-14-19-18)20-25(22,23-15-9-3-1-4-10-15)24-16-11-5-2-6-12-16/h1-6,9-12,17H,7-8,13-14H2,(H,19,21)(H,20,22). The smallest absolute Gasteiger partial charge is 0.405 e. The summed E-state index contributed by atoms with van der Waals surface area (Å²) < 4.78 is 24.6. The molecule has 0 aromatic heterocycles. The molecule has 132 valence electrons. The van der Waals surface area contributed by atoms with Crippen molar-refractivity contribution >= 4 is 13.7 Å². The predicted octanol–water partition coefficient (Wildman–Crippen LogP) is 3.51. The molecule has 0 radical (unpaired) electrons. The number of rotatable bonds is 6. The highest BCUT2D eigenvalue weighted by Gasteiger charge is 2.35. The molecular weight excluding hydrogens is 339 g/mol. The molecule has 2 N–H and O–H groups in total. The van der Waals surface area contributed by atoms with Gasteiger partial charge in [-0.15, -0.1) is 0 Å². The van der Waals surface area contributed by atoms with Crippen LogP contribution >= 0.6 is 7.75 Å². The van der Waals surface area contributed by atoms with Crippen LogP contribution in [0.2, 0.25) is 0 Å². The Morgan fingerprint density at radius 1 is 0.920 bits per heavy atom. The largest absolute Gasteiger partial charge is 0.513 e. The number of hydrogen-bond donors (Lipinski definition) is 2. The van der Waals surface area contributed by atoms with E-state index in [1.165, 1.54) is 0 Å². The van der Waals surface area contributed by atoms with Crippen molar-refractivity contribution in [1.82, 2.24) is 10.4 Å². The second-order valence-corrected chi connectivity index (χ2v) is 7.39. The predicted molar refractivity (Wildman–Crippen MR) is 95.5 cm³/mol. The summed E-state index contributed by atoms with van der Waals surface area (Å²) in [5.74, 6) is 0.623. The van der Waals surface area contributed by atoms with Crippen molar-refractivity contribution in [3.05, 3.63) is 60.7 Å². The second-order valence-electron chi connectivity index (χ2n) is 5.77. The van der Waals surface area contributed by atoms with E-state index in [9.17, 15) is 9.36 Å². The Kier molecular flexibility index (Phi) is 5.74. The number of carbonyl (C=O) groups excluding carboxylic acids is 1. The third kappa shape index (κ3) is 5.08. The zero-order valence-corrected chi connectivity index (χ0v) is 14.7. The molecule has 1 fully saturated rings. The van der Waals surface area contributed by atoms with Crippen molar-refractivity contribution in [2.24, 2.45) is 0 Å². The summed E-state index contributed by atoms with van der Waals surface area (Å²) in [4.78, 5) is 12.2. The second kappa shape index (κ2) is 8.19. The van der Waals surface area contributed by atoms with Crippen LogP contribution in [0, 0.1) is 0 Å². The third-order valence-electron chi connectivity index (χ3n) is 3.79. The zero-order valence-electron chi connectivity index (χ0n) is 13.8. The molecule has 0 aliphatic carbocycles. The van der Waals surface area contributed by atoms with Crippen LogP contribution in [-0.4, -0.2) is 18.5 Å². The first-order valence-electron chi connectivity index (χ1n) is 8.29. The Bertz CT molecular complexity index is 694. The molecular formula is C18H21N2O4P. The fourth-order valence-corrected chi connectivity index (χ4v) is 4.13. The van der Waals surface area contributed by atoms with Gasteiger partial charge in [-0.25, -0.2) is 4.57 Å². The van der Waals surface area contributed by atoms with E-state index < -0.39 is 13.8 Å². The lowest BCUT2D eigenvalue weighted by molar-refractivity contribution is -0.122. The summed E-state index contributed by atoms with van der Waals surface area (Å²) in [6.45, 7) is 0.625. The maximum absolute atomic E-state index is 13.3. The minimum atomic E-state index is -3.80. The third-order valence-corrected chi connectivity index (χ3v) is 5.32. The fraction of sp³-hybridized carbons (Fsp3) is 0.278. The van der Waals surface area contributed by atoms with E-state index >= 15 is 0 Å². The monoisotopic (exact) mass is 360 g/mol. The highest BCUT2D eigenvalue weighted by molar-refractivity contribution is 7.52. The first-order chi connectivity index (χ1) is 12.1. The van der Waals surface area contributed by atoms with E-state index in [1.807, 2.05) is 12.1 Å². The maximum atomic E-state index is 13.3. The van der Waals surface area contributed by atoms with Crippen LogP contribution in [0.3, 0.4) is 0 Å². The van der Waals surface area contributed by atoms with Gasteiger partial charge in [0.15, 0.2) is 0 Å². The van der Waals surface area contributed by atoms with Crippen LogP contribution in [0.15, 0.2) is 60.7 Å². The topological polar surface area (TPSA) is 76.7 Å². The number of nitrogens with one attached hydrogen (secondary N) is 2. The summed E-state index contributed by atoms with van der Waals surface area (Å²) in [7, 11) is -3.80. The molecule has 1 heterocycles. The van der Waals surface area contributed by atoms with Crippen molar-refractivity contribution in [1.29, 1.82) is 0 Å². The molecule has 6 nitrogen and oxygen atoms in total. The van der Waals surface area contributed by atoms with Crippen LogP contribution in [0.4, 0.5) is 0 Å². The fourth-order valence-electron chi connectivity index (χ4n) is 2.56. The van der Waals surface area contributed by atoms with Gasteiger partial charge < -0.3 is 14.4 Å². The zero-order chi connectivity index (χ0) is 17.5. The lowest BCUT2D eigenvalue weighted by Gasteiger charge is -2.24. The molecule has 3 rings (SSSR count). The van der Waals surface area contributed by atoms with E-state index in [-0.39, 0.29) is 5.91 Å². The van der Waals surface area contributed by atoms with Gasteiger partial charge in [-0.1, -0.05) is 36.4 Å². The SMILES string of the molecule is O=C1NCCCCC1NP(=O)(Oc1ccccc1)Oc1ccccc1. The van der Waals surface area contributed by atoms with Gasteiger partial charge in [0.1, 0.15) is 11.5 Å². The van der Waals surface area contributed by atoms with Gasteiger partial charge in [0.2, 0.25) is 5.91 Å². The molecule has 2 aromatic rings. The van der Waals surface area contributed by atoms with E-state index in [0.29, 0.717) is 24.5 Å². The quantitative estimate of drug-likeness (QED) is 0.771. The van der Waals surface area contributed by atoms with E-state index in [0.717, 1.165) is 12.8 Å². The van der Waals surface area contributed by atoms with Crippen LogP contribution in [0.25, 0.3) is 0 Å². The lowest BCUT2D eigenvalue weighted by Crippen LogP contribution is -2.42. The molecule has 1 unspecified atom stereocenters. The van der Waals surface area contributed by atoms with E-state index in [1.54, 1.807) is 48.5 Å². The first kappa shape index (κ1) is 17.5. The van der Waals surface area contributed by atoms with Crippen molar-refractivity contribution < 1.29 is 18.4 Å². The molecule has 25 heavy (non-hydrogen) atoms. The summed E-state index contributed by atoms with van der Waals surface area (Å²) in [6.07, 6.45) is 2.33. The molecule has 0 spiro atoms. The molecule has 1 atom stereocenters. The van der Waals surface area contributed by atoms with Crippen molar-refractivity contribution in [3.8, 4) is 11.5 Å². The number of benzene rings is 2. The van der Waals surface area contributed by atoms with Crippen LogP contribution in [0.1, 0.15) is 19.3 Å². The van der Waals surface area contributed by atoms with Gasteiger partial charge in [0, 0.05) is 6.54 Å². The van der Waals surface area contributed by atoms with Crippen molar-refractivity contribution in [3.63, 3.8) is 0 Å². The Morgan fingerprint density at radius 2 is 1.48 bits per heavy atom. The number of hydrogen-bond acceptors (Lipinski definition) is 4. The summed E-state index contributed by atoms with van der Waals surface area (Å²) in [6, 6.07) is 16.9. The average molecular weight is 360 g/mol. The molecule has 1 aliphatic rings. The van der Waals surface area contributed by atoms with Crippen molar-refractivity contribution in [2.75, 3.05) is 6.54 Å². The Hall–Kier alpha value is -2.30. The Balaban J connectivity index is 1.82. The summed E-state index contributed by atoms with van der Waals surface area (Å²) >= 11 is 0. The summed E-state index contributed by atoms with van der Waals surface area (Å²) in [5.41, 5.74) is 0. The maximum Gasteiger partial charge on any atom is 0.513 e. The van der Waals surface area contributed by atoms with Gasteiger partial charge in [-0.05, 0) is 43.5 Å². The minimum absolute atomic E-state index is 0.189. The lowest BCUT2D eigenvalue weighted by atomic mass is 10.1. The van der Waals surface area contributed by atoms with Gasteiger partial charge in [-0.2, -0.15) is 5.09 Å². The van der Waals surface area contributed by atoms with Gasteiger partial charge in [-0.3, -0.25) is 4.79 Å². The van der Waals surface area contributed by atoms with Crippen LogP contribution in [-0.2, 0) is 9.36 Å². The van der Waals surface area contributed by atoms with Crippen LogP contribution in [0.5, 0.6) is 11.5 Å². The number of carbonyl (C=O) groups is 1. The van der Waals surface area contributed by atoms with Crippen LogP contribution < -0.4 is 19.5 Å².